The number of nitrogens with one attached hydrogen (secondary N) is 2. The zero-order valence-electron chi connectivity index (χ0n) is 10.8. The molecule has 1 atom stereocenters. The molecule has 3 nitrogen and oxygen atoms in total. The third kappa shape index (κ3) is 2.63. The summed E-state index contributed by atoms with van der Waals surface area (Å²) in [5, 5.41) is 17.4. The highest BCUT2D eigenvalue weighted by Crippen LogP contribution is 2.42. The molecule has 4 heteroatoms. The number of rotatable bonds is 1. The van der Waals surface area contributed by atoms with Gasteiger partial charge in [-0.3, -0.25) is 0 Å². The number of thioether (sulfide) groups is 1. The van der Waals surface area contributed by atoms with Gasteiger partial charge in [-0.25, -0.2) is 0 Å². The van der Waals surface area contributed by atoms with Crippen LogP contribution in [0.2, 0.25) is 0 Å². The second-order valence-electron chi connectivity index (χ2n) is 4.93. The van der Waals surface area contributed by atoms with Gasteiger partial charge < -0.3 is 10.6 Å². The maximum atomic E-state index is 9.51. The number of para-hydroxylation sites is 1. The lowest BCUT2D eigenvalue weighted by Gasteiger charge is -2.16. The van der Waals surface area contributed by atoms with E-state index >= 15 is 0 Å². The van der Waals surface area contributed by atoms with Crippen LogP contribution < -0.4 is 10.6 Å². The Hall–Kier alpha value is -1.44. The van der Waals surface area contributed by atoms with Crippen LogP contribution in [0.5, 0.6) is 0 Å². The second kappa shape index (κ2) is 5.68. The molecule has 2 heterocycles. The molecule has 98 valence electrons. The van der Waals surface area contributed by atoms with Crippen molar-refractivity contribution in [2.24, 2.45) is 0 Å². The van der Waals surface area contributed by atoms with Crippen molar-refractivity contribution < 1.29 is 0 Å². The highest BCUT2D eigenvalue weighted by molar-refractivity contribution is 8.03. The van der Waals surface area contributed by atoms with Crippen molar-refractivity contribution in [1.29, 1.82) is 5.26 Å². The van der Waals surface area contributed by atoms with Gasteiger partial charge in [0.15, 0.2) is 0 Å². The van der Waals surface area contributed by atoms with Crippen LogP contribution in [-0.2, 0) is 0 Å². The first-order valence-electron chi connectivity index (χ1n) is 6.80. The summed E-state index contributed by atoms with van der Waals surface area (Å²) in [6.45, 7) is 1.01. The first-order chi connectivity index (χ1) is 9.38. The maximum Gasteiger partial charge on any atom is 0.0991 e. The van der Waals surface area contributed by atoms with E-state index in [0.717, 1.165) is 29.3 Å². The molecule has 3 rings (SSSR count). The van der Waals surface area contributed by atoms with Crippen molar-refractivity contribution in [3.05, 3.63) is 34.9 Å². The Morgan fingerprint density at radius 2 is 2.16 bits per heavy atom. The molecule has 1 unspecified atom stereocenters. The van der Waals surface area contributed by atoms with Crippen LogP contribution in [0.25, 0.3) is 0 Å². The standard InChI is InChI=1S/C15H17N3S/c16-10-11(12-6-2-1-5-9-17-12)15-18-13-7-3-4-8-14(13)19-15/h3-4,7-8,12,17-18H,1-2,5-6,9H2. The van der Waals surface area contributed by atoms with E-state index in [1.54, 1.807) is 11.8 Å². The van der Waals surface area contributed by atoms with Crippen molar-refractivity contribution in [3.8, 4) is 6.07 Å². The minimum absolute atomic E-state index is 0.205. The van der Waals surface area contributed by atoms with Crippen molar-refractivity contribution in [2.75, 3.05) is 11.9 Å². The predicted octanol–water partition coefficient (Wildman–Crippen LogP) is 3.47. The molecule has 0 saturated carbocycles. The molecule has 1 saturated heterocycles. The van der Waals surface area contributed by atoms with Gasteiger partial charge in [0.2, 0.25) is 0 Å². The molecule has 0 aromatic heterocycles. The molecular weight excluding hydrogens is 254 g/mol. The smallest absolute Gasteiger partial charge is 0.0991 e. The minimum Gasteiger partial charge on any atom is -0.348 e. The largest absolute Gasteiger partial charge is 0.348 e. The lowest BCUT2D eigenvalue weighted by Crippen LogP contribution is -2.30. The normalized spacial score (nSPS) is 24.9. The van der Waals surface area contributed by atoms with Gasteiger partial charge in [0, 0.05) is 10.9 Å². The number of nitriles is 1. The molecule has 0 amide bonds. The number of nitrogens with zero attached hydrogens (tertiary/aromatic N) is 1. The average molecular weight is 271 g/mol. The van der Waals surface area contributed by atoms with Gasteiger partial charge in [-0.2, -0.15) is 5.26 Å². The van der Waals surface area contributed by atoms with E-state index in [0.29, 0.717) is 0 Å². The van der Waals surface area contributed by atoms with Crippen LogP contribution in [0.15, 0.2) is 39.8 Å². The fourth-order valence-electron chi connectivity index (χ4n) is 2.60. The molecular formula is C15H17N3S. The second-order valence-corrected chi connectivity index (χ2v) is 5.99. The van der Waals surface area contributed by atoms with Crippen LogP contribution in [0.3, 0.4) is 0 Å². The van der Waals surface area contributed by atoms with E-state index in [1.165, 1.54) is 24.2 Å². The lowest BCUT2D eigenvalue weighted by atomic mass is 10.0. The number of hydrogen-bond acceptors (Lipinski definition) is 4. The van der Waals surface area contributed by atoms with Crippen molar-refractivity contribution >= 4 is 17.4 Å². The minimum atomic E-state index is 0.205. The number of anilines is 1. The Morgan fingerprint density at radius 3 is 3.00 bits per heavy atom. The molecule has 19 heavy (non-hydrogen) atoms. The molecule has 0 aliphatic carbocycles. The Labute approximate surface area is 118 Å². The van der Waals surface area contributed by atoms with Crippen LogP contribution >= 0.6 is 11.8 Å². The summed E-state index contributed by atoms with van der Waals surface area (Å²) in [7, 11) is 0. The average Bonchev–Trinajstić information content (AvgIpc) is 2.67. The zero-order valence-corrected chi connectivity index (χ0v) is 11.6. The molecule has 1 aromatic rings. The molecule has 2 aliphatic heterocycles. The molecule has 0 bridgehead atoms. The van der Waals surface area contributed by atoms with Gasteiger partial charge >= 0.3 is 0 Å². The number of fused-ring (bicyclic) bond motifs is 1. The summed E-state index contributed by atoms with van der Waals surface area (Å²) in [4.78, 5) is 1.21. The van der Waals surface area contributed by atoms with Crippen molar-refractivity contribution in [2.45, 2.75) is 36.6 Å². The maximum absolute atomic E-state index is 9.51. The Kier molecular flexibility index (Phi) is 3.77. The fourth-order valence-corrected chi connectivity index (χ4v) is 3.66. The van der Waals surface area contributed by atoms with E-state index in [-0.39, 0.29) is 6.04 Å². The zero-order chi connectivity index (χ0) is 13.1. The summed E-state index contributed by atoms with van der Waals surface area (Å²) in [5.41, 5.74) is 1.98. The van der Waals surface area contributed by atoms with E-state index in [2.05, 4.69) is 28.8 Å². The molecule has 2 N–H and O–H groups in total. The Bertz CT molecular complexity index is 510. The van der Waals surface area contributed by atoms with Gasteiger partial charge in [0.25, 0.3) is 0 Å². The van der Waals surface area contributed by atoms with Crippen LogP contribution in [0.1, 0.15) is 25.7 Å². The number of benzene rings is 1. The van der Waals surface area contributed by atoms with Crippen molar-refractivity contribution in [3.63, 3.8) is 0 Å². The van der Waals surface area contributed by atoms with Gasteiger partial charge in [-0.1, -0.05) is 36.7 Å². The molecule has 1 fully saturated rings. The van der Waals surface area contributed by atoms with Gasteiger partial charge in [0.1, 0.15) is 0 Å². The van der Waals surface area contributed by atoms with Gasteiger partial charge in [-0.15, -0.1) is 0 Å². The molecule has 1 aromatic carbocycles. The van der Waals surface area contributed by atoms with Crippen LogP contribution in [0, 0.1) is 11.3 Å². The third-order valence-electron chi connectivity index (χ3n) is 3.62. The SMILES string of the molecule is N#CC(=C1Nc2ccccc2S1)C1CCCCCN1. The highest BCUT2D eigenvalue weighted by Gasteiger charge is 2.24. The summed E-state index contributed by atoms with van der Waals surface area (Å²) < 4.78 is 0. The quantitative estimate of drug-likeness (QED) is 0.768. The molecule has 2 aliphatic rings. The third-order valence-corrected chi connectivity index (χ3v) is 4.72. The topological polar surface area (TPSA) is 47.9 Å². The fraction of sp³-hybridized carbons (Fsp3) is 0.400. The first-order valence-corrected chi connectivity index (χ1v) is 7.61. The monoisotopic (exact) mass is 271 g/mol. The van der Waals surface area contributed by atoms with E-state index in [1.807, 2.05) is 12.1 Å². The van der Waals surface area contributed by atoms with Gasteiger partial charge in [-0.05, 0) is 31.5 Å². The van der Waals surface area contributed by atoms with E-state index in [4.69, 9.17) is 0 Å². The highest BCUT2D eigenvalue weighted by atomic mass is 32.2. The van der Waals surface area contributed by atoms with E-state index in [9.17, 15) is 5.26 Å². The molecule has 0 radical (unpaired) electrons. The van der Waals surface area contributed by atoms with E-state index < -0.39 is 0 Å². The summed E-state index contributed by atoms with van der Waals surface area (Å²) in [6.07, 6.45) is 4.74. The lowest BCUT2D eigenvalue weighted by molar-refractivity contribution is 0.581. The van der Waals surface area contributed by atoms with Gasteiger partial charge in [0.05, 0.1) is 22.4 Å². The van der Waals surface area contributed by atoms with Crippen LogP contribution in [0.4, 0.5) is 5.69 Å². The first kappa shape index (κ1) is 12.6. The van der Waals surface area contributed by atoms with Crippen LogP contribution in [-0.4, -0.2) is 12.6 Å². The Morgan fingerprint density at radius 1 is 1.26 bits per heavy atom. The summed E-state index contributed by atoms with van der Waals surface area (Å²) >= 11 is 1.68. The van der Waals surface area contributed by atoms with Crippen molar-refractivity contribution in [1.82, 2.24) is 5.32 Å². The Balaban J connectivity index is 1.87. The predicted molar refractivity (Wildman–Crippen MR) is 78.8 cm³/mol. The number of hydrogen-bond donors (Lipinski definition) is 2. The summed E-state index contributed by atoms with van der Waals surface area (Å²) in [5.74, 6) is 0. The summed E-state index contributed by atoms with van der Waals surface area (Å²) in [6, 6.07) is 10.8. The molecule has 0 spiro atoms.